The summed E-state index contributed by atoms with van der Waals surface area (Å²) in [6.07, 6.45) is 1.47. The molecule has 0 unspecified atom stereocenters. The third-order valence-electron chi connectivity index (χ3n) is 5.74. The fourth-order valence-corrected chi connectivity index (χ4v) is 3.71. The standard InChI is InChI=1S/C24H26FN5O2/c1-16-4-6-19(12-17(16)2)28-24(31)30-10-8-29(9-11-30)23-14-21(26-15-27-23)20-13-18(25)5-7-22(20)32-3/h4-7,12-15H,8-11H2,1-3H3,(H,28,31). The smallest absolute Gasteiger partial charge is 0.321 e. The molecule has 1 aliphatic heterocycles. The number of hydrogen-bond donors (Lipinski definition) is 1. The second-order valence-electron chi connectivity index (χ2n) is 7.81. The van der Waals surface area contributed by atoms with E-state index in [1.54, 1.807) is 18.1 Å². The molecule has 166 valence electrons. The Morgan fingerprint density at radius 1 is 1.00 bits per heavy atom. The fraction of sp³-hybridized carbons (Fsp3) is 0.292. The Hall–Kier alpha value is -3.68. The normalized spacial score (nSPS) is 13.8. The van der Waals surface area contributed by atoms with Crippen LogP contribution in [0.1, 0.15) is 11.1 Å². The molecule has 3 aromatic rings. The minimum Gasteiger partial charge on any atom is -0.496 e. The Bertz CT molecular complexity index is 1130. The SMILES string of the molecule is COc1ccc(F)cc1-c1cc(N2CCN(C(=O)Nc3ccc(C)c(C)c3)CC2)ncn1. The Morgan fingerprint density at radius 3 is 2.50 bits per heavy atom. The van der Waals surface area contributed by atoms with Gasteiger partial charge in [0.1, 0.15) is 23.7 Å². The second kappa shape index (κ2) is 9.21. The zero-order valence-electron chi connectivity index (χ0n) is 18.4. The van der Waals surface area contributed by atoms with Crippen LogP contribution < -0.4 is 15.0 Å². The predicted octanol–water partition coefficient (Wildman–Crippen LogP) is 4.26. The average Bonchev–Trinajstić information content (AvgIpc) is 2.81. The highest BCUT2D eigenvalue weighted by atomic mass is 19.1. The third-order valence-corrected chi connectivity index (χ3v) is 5.74. The molecule has 1 N–H and O–H groups in total. The molecular weight excluding hydrogens is 409 g/mol. The molecule has 0 aliphatic carbocycles. The van der Waals surface area contributed by atoms with Crippen LogP contribution in [0.4, 0.5) is 20.7 Å². The van der Waals surface area contributed by atoms with Gasteiger partial charge in [-0.1, -0.05) is 6.07 Å². The zero-order chi connectivity index (χ0) is 22.7. The van der Waals surface area contributed by atoms with Crippen LogP contribution in [-0.4, -0.2) is 54.2 Å². The number of benzene rings is 2. The Morgan fingerprint density at radius 2 is 1.78 bits per heavy atom. The first kappa shape index (κ1) is 21.5. The number of nitrogens with zero attached hydrogens (tertiary/aromatic N) is 4. The van der Waals surface area contributed by atoms with E-state index in [-0.39, 0.29) is 11.8 Å². The summed E-state index contributed by atoms with van der Waals surface area (Å²) in [5.74, 6) is 0.920. The van der Waals surface area contributed by atoms with Gasteiger partial charge in [-0.2, -0.15) is 0 Å². The van der Waals surface area contributed by atoms with E-state index < -0.39 is 0 Å². The maximum Gasteiger partial charge on any atom is 0.321 e. The molecule has 1 aliphatic rings. The van der Waals surface area contributed by atoms with Gasteiger partial charge in [0.25, 0.3) is 0 Å². The highest BCUT2D eigenvalue weighted by Crippen LogP contribution is 2.30. The number of aryl methyl sites for hydroxylation is 2. The largest absolute Gasteiger partial charge is 0.496 e. The van der Waals surface area contributed by atoms with Gasteiger partial charge in [-0.25, -0.2) is 19.2 Å². The van der Waals surface area contributed by atoms with E-state index in [1.165, 1.54) is 24.0 Å². The zero-order valence-corrected chi connectivity index (χ0v) is 18.4. The van der Waals surface area contributed by atoms with Crippen molar-refractivity contribution in [3.8, 4) is 17.0 Å². The molecule has 0 atom stereocenters. The van der Waals surface area contributed by atoms with Gasteiger partial charge < -0.3 is 19.9 Å². The number of halogens is 1. The first-order valence-electron chi connectivity index (χ1n) is 10.5. The van der Waals surface area contributed by atoms with Crippen molar-refractivity contribution in [2.24, 2.45) is 0 Å². The number of aromatic nitrogens is 2. The summed E-state index contributed by atoms with van der Waals surface area (Å²) in [6.45, 7) is 6.48. The van der Waals surface area contributed by atoms with E-state index in [4.69, 9.17) is 4.74 Å². The molecule has 0 saturated carbocycles. The number of amides is 2. The van der Waals surface area contributed by atoms with E-state index in [1.807, 2.05) is 38.1 Å². The van der Waals surface area contributed by atoms with Crippen molar-refractivity contribution in [2.75, 3.05) is 43.5 Å². The van der Waals surface area contributed by atoms with Crippen molar-refractivity contribution in [1.82, 2.24) is 14.9 Å². The van der Waals surface area contributed by atoms with Gasteiger partial charge in [-0.3, -0.25) is 0 Å². The minimum absolute atomic E-state index is 0.110. The molecule has 0 radical (unpaired) electrons. The van der Waals surface area contributed by atoms with Crippen LogP contribution >= 0.6 is 0 Å². The van der Waals surface area contributed by atoms with Gasteiger partial charge in [-0.05, 0) is 55.3 Å². The van der Waals surface area contributed by atoms with Crippen LogP contribution in [0.5, 0.6) is 5.75 Å². The van der Waals surface area contributed by atoms with Crippen molar-refractivity contribution < 1.29 is 13.9 Å². The Balaban J connectivity index is 1.42. The highest BCUT2D eigenvalue weighted by Gasteiger charge is 2.23. The first-order valence-corrected chi connectivity index (χ1v) is 10.5. The maximum absolute atomic E-state index is 13.8. The number of hydrogen-bond acceptors (Lipinski definition) is 5. The van der Waals surface area contributed by atoms with Crippen LogP contribution in [0.3, 0.4) is 0 Å². The molecule has 1 saturated heterocycles. The summed E-state index contributed by atoms with van der Waals surface area (Å²) in [5.41, 5.74) is 4.28. The lowest BCUT2D eigenvalue weighted by Gasteiger charge is -2.35. The summed E-state index contributed by atoms with van der Waals surface area (Å²) in [5, 5.41) is 2.98. The lowest BCUT2D eigenvalue weighted by Crippen LogP contribution is -2.50. The summed E-state index contributed by atoms with van der Waals surface area (Å²) in [4.78, 5) is 25.2. The molecule has 0 bridgehead atoms. The predicted molar refractivity (Wildman–Crippen MR) is 123 cm³/mol. The van der Waals surface area contributed by atoms with Crippen LogP contribution in [0.15, 0.2) is 48.8 Å². The van der Waals surface area contributed by atoms with E-state index in [0.29, 0.717) is 43.2 Å². The number of carbonyl (C=O) groups is 1. The number of nitrogens with one attached hydrogen (secondary N) is 1. The third kappa shape index (κ3) is 4.64. The topological polar surface area (TPSA) is 70.6 Å². The second-order valence-corrected chi connectivity index (χ2v) is 7.81. The van der Waals surface area contributed by atoms with Crippen molar-refractivity contribution in [3.05, 3.63) is 65.7 Å². The van der Waals surface area contributed by atoms with Gasteiger partial charge in [-0.15, -0.1) is 0 Å². The number of carbonyl (C=O) groups excluding carboxylic acids is 1. The van der Waals surface area contributed by atoms with Crippen LogP contribution in [0, 0.1) is 19.7 Å². The number of piperazine rings is 1. The average molecular weight is 436 g/mol. The van der Waals surface area contributed by atoms with E-state index in [0.717, 1.165) is 17.1 Å². The number of anilines is 2. The lowest BCUT2D eigenvalue weighted by atomic mass is 10.1. The monoisotopic (exact) mass is 435 g/mol. The van der Waals surface area contributed by atoms with E-state index in [2.05, 4.69) is 20.2 Å². The molecular formula is C24H26FN5O2. The highest BCUT2D eigenvalue weighted by molar-refractivity contribution is 5.89. The van der Waals surface area contributed by atoms with Gasteiger partial charge >= 0.3 is 6.03 Å². The number of urea groups is 1. The maximum atomic E-state index is 13.8. The molecule has 1 fully saturated rings. The summed E-state index contributed by atoms with van der Waals surface area (Å²) in [7, 11) is 1.54. The molecule has 1 aromatic heterocycles. The van der Waals surface area contributed by atoms with Gasteiger partial charge in [0.2, 0.25) is 0 Å². The molecule has 2 amide bonds. The fourth-order valence-electron chi connectivity index (χ4n) is 3.71. The lowest BCUT2D eigenvalue weighted by molar-refractivity contribution is 0.208. The first-order chi connectivity index (χ1) is 15.4. The van der Waals surface area contributed by atoms with Crippen molar-refractivity contribution in [1.29, 1.82) is 0 Å². The minimum atomic E-state index is -0.357. The van der Waals surface area contributed by atoms with Gasteiger partial charge in [0.05, 0.1) is 12.8 Å². The summed E-state index contributed by atoms with van der Waals surface area (Å²) in [6, 6.07) is 11.9. The van der Waals surface area contributed by atoms with E-state index >= 15 is 0 Å². The Labute approximate surface area is 186 Å². The number of rotatable bonds is 4. The molecule has 2 aromatic carbocycles. The van der Waals surface area contributed by atoms with Crippen molar-refractivity contribution >= 4 is 17.5 Å². The molecule has 0 spiro atoms. The Kier molecular flexibility index (Phi) is 6.20. The van der Waals surface area contributed by atoms with Crippen molar-refractivity contribution in [3.63, 3.8) is 0 Å². The molecule has 8 heteroatoms. The number of methoxy groups -OCH3 is 1. The summed E-state index contributed by atoms with van der Waals surface area (Å²) < 4.78 is 19.1. The van der Waals surface area contributed by atoms with Crippen LogP contribution in [-0.2, 0) is 0 Å². The molecule has 2 heterocycles. The van der Waals surface area contributed by atoms with Crippen molar-refractivity contribution in [2.45, 2.75) is 13.8 Å². The van der Waals surface area contributed by atoms with Gasteiger partial charge in [0.15, 0.2) is 0 Å². The molecule has 7 nitrogen and oxygen atoms in total. The quantitative estimate of drug-likeness (QED) is 0.663. The van der Waals surface area contributed by atoms with Crippen LogP contribution in [0.2, 0.25) is 0 Å². The molecule has 4 rings (SSSR count). The van der Waals surface area contributed by atoms with Crippen LogP contribution in [0.25, 0.3) is 11.3 Å². The van der Waals surface area contributed by atoms with E-state index in [9.17, 15) is 9.18 Å². The van der Waals surface area contributed by atoms with Gasteiger partial charge in [0, 0.05) is 43.5 Å². The summed E-state index contributed by atoms with van der Waals surface area (Å²) >= 11 is 0. The molecule has 32 heavy (non-hydrogen) atoms. The number of ether oxygens (including phenoxy) is 1.